The van der Waals surface area contributed by atoms with E-state index in [2.05, 4.69) is 0 Å². The van der Waals surface area contributed by atoms with Gasteiger partial charge in [0.2, 0.25) is 5.91 Å². The van der Waals surface area contributed by atoms with Crippen molar-refractivity contribution >= 4 is 5.91 Å². The van der Waals surface area contributed by atoms with Crippen LogP contribution >= 0.6 is 0 Å². The number of hydrogen-bond donors (Lipinski definition) is 1. The first kappa shape index (κ1) is 10.5. The van der Waals surface area contributed by atoms with Crippen molar-refractivity contribution < 1.29 is 4.79 Å². The lowest BCUT2D eigenvalue weighted by Crippen LogP contribution is -2.38. The van der Waals surface area contributed by atoms with Gasteiger partial charge in [0.15, 0.2) is 0 Å². The van der Waals surface area contributed by atoms with Crippen molar-refractivity contribution in [2.24, 2.45) is 11.7 Å². The Kier molecular flexibility index (Phi) is 4.22. The van der Waals surface area contributed by atoms with Crippen LogP contribution in [-0.2, 0) is 4.79 Å². The van der Waals surface area contributed by atoms with E-state index in [0.29, 0.717) is 5.92 Å². The first-order valence-electron chi connectivity index (χ1n) is 5.19. The molecule has 1 aliphatic rings. The number of nitrogens with two attached hydrogens (primary N) is 1. The Morgan fingerprint density at radius 2 is 2.38 bits per heavy atom. The fourth-order valence-electron chi connectivity index (χ4n) is 1.99. The summed E-state index contributed by atoms with van der Waals surface area (Å²) in [7, 11) is 0. The summed E-state index contributed by atoms with van der Waals surface area (Å²) in [6.45, 7) is 4.34. The van der Waals surface area contributed by atoms with E-state index < -0.39 is 0 Å². The molecule has 1 saturated heterocycles. The van der Waals surface area contributed by atoms with Gasteiger partial charge in [-0.2, -0.15) is 0 Å². The van der Waals surface area contributed by atoms with Gasteiger partial charge in [-0.1, -0.05) is 0 Å². The van der Waals surface area contributed by atoms with E-state index in [-0.39, 0.29) is 5.91 Å². The van der Waals surface area contributed by atoms with Gasteiger partial charge >= 0.3 is 0 Å². The van der Waals surface area contributed by atoms with E-state index in [9.17, 15) is 4.79 Å². The topological polar surface area (TPSA) is 46.3 Å². The molecule has 0 bridgehead atoms. The number of carbonyl (C=O) groups excluding carboxylic acids is 1. The highest BCUT2D eigenvalue weighted by molar-refractivity contribution is 5.73. The number of likely N-dealkylation sites (tertiary alicyclic amines) is 1. The van der Waals surface area contributed by atoms with Crippen molar-refractivity contribution in [3.63, 3.8) is 0 Å². The van der Waals surface area contributed by atoms with E-state index in [0.717, 1.165) is 32.5 Å². The molecule has 2 N–H and O–H groups in total. The van der Waals surface area contributed by atoms with Crippen LogP contribution in [0.5, 0.6) is 0 Å². The van der Waals surface area contributed by atoms with Crippen LogP contribution in [0.1, 0.15) is 32.6 Å². The molecule has 76 valence electrons. The molecule has 3 heteroatoms. The number of hydrogen-bond acceptors (Lipinski definition) is 2. The zero-order valence-corrected chi connectivity index (χ0v) is 8.46. The minimum absolute atomic E-state index is 0.220. The maximum Gasteiger partial charge on any atom is 0.219 e. The molecule has 1 aliphatic heterocycles. The predicted octanol–water partition coefficient (Wildman–Crippen LogP) is 0.984. The Labute approximate surface area is 80.3 Å². The summed E-state index contributed by atoms with van der Waals surface area (Å²) in [5.41, 5.74) is 5.46. The van der Waals surface area contributed by atoms with Crippen molar-refractivity contribution in [2.75, 3.05) is 19.6 Å². The van der Waals surface area contributed by atoms with Crippen molar-refractivity contribution in [3.8, 4) is 0 Å². The van der Waals surface area contributed by atoms with Gasteiger partial charge in [-0.15, -0.1) is 0 Å². The van der Waals surface area contributed by atoms with Crippen LogP contribution < -0.4 is 5.73 Å². The molecule has 1 unspecified atom stereocenters. The monoisotopic (exact) mass is 184 g/mol. The molecule has 1 atom stereocenters. The van der Waals surface area contributed by atoms with Crippen LogP contribution in [-0.4, -0.2) is 30.4 Å². The molecule has 13 heavy (non-hydrogen) atoms. The highest BCUT2D eigenvalue weighted by Crippen LogP contribution is 2.20. The van der Waals surface area contributed by atoms with Crippen molar-refractivity contribution in [2.45, 2.75) is 32.6 Å². The number of amides is 1. The normalized spacial score (nSPS) is 23.2. The molecule has 0 radical (unpaired) electrons. The van der Waals surface area contributed by atoms with Gasteiger partial charge in [0.1, 0.15) is 0 Å². The average molecular weight is 184 g/mol. The van der Waals surface area contributed by atoms with E-state index in [1.807, 2.05) is 4.90 Å². The molecule has 0 spiro atoms. The molecule has 3 nitrogen and oxygen atoms in total. The minimum Gasteiger partial charge on any atom is -0.343 e. The molecule has 0 aromatic rings. The molecule has 0 aromatic heterocycles. The first-order chi connectivity index (χ1) is 6.24. The van der Waals surface area contributed by atoms with Crippen LogP contribution in [0.15, 0.2) is 0 Å². The van der Waals surface area contributed by atoms with Crippen LogP contribution in [0.25, 0.3) is 0 Å². The zero-order chi connectivity index (χ0) is 9.68. The Balaban J connectivity index is 2.29. The Bertz CT molecular complexity index is 170. The summed E-state index contributed by atoms with van der Waals surface area (Å²) >= 11 is 0. The van der Waals surface area contributed by atoms with Gasteiger partial charge in [-0.05, 0) is 38.1 Å². The fraction of sp³-hybridized carbons (Fsp3) is 0.900. The van der Waals surface area contributed by atoms with Crippen LogP contribution in [0.2, 0.25) is 0 Å². The van der Waals surface area contributed by atoms with Gasteiger partial charge in [0.25, 0.3) is 0 Å². The Morgan fingerprint density at radius 1 is 1.62 bits per heavy atom. The van der Waals surface area contributed by atoms with Crippen LogP contribution in [0, 0.1) is 5.92 Å². The third kappa shape index (κ3) is 3.35. The van der Waals surface area contributed by atoms with Crippen molar-refractivity contribution in [1.29, 1.82) is 0 Å². The molecular weight excluding hydrogens is 164 g/mol. The van der Waals surface area contributed by atoms with Crippen molar-refractivity contribution in [1.82, 2.24) is 4.90 Å². The summed E-state index contributed by atoms with van der Waals surface area (Å²) in [6, 6.07) is 0. The largest absolute Gasteiger partial charge is 0.343 e. The first-order valence-corrected chi connectivity index (χ1v) is 5.19. The molecule has 1 rings (SSSR count). The minimum atomic E-state index is 0.220. The SMILES string of the molecule is CC(=O)N1CCCC(CCCN)C1. The third-order valence-corrected chi connectivity index (χ3v) is 2.78. The van der Waals surface area contributed by atoms with Crippen LogP contribution in [0.3, 0.4) is 0 Å². The molecule has 0 aliphatic carbocycles. The van der Waals surface area contributed by atoms with E-state index >= 15 is 0 Å². The lowest BCUT2D eigenvalue weighted by atomic mass is 9.93. The van der Waals surface area contributed by atoms with E-state index in [1.165, 1.54) is 12.8 Å². The second-order valence-corrected chi connectivity index (χ2v) is 3.90. The maximum absolute atomic E-state index is 11.1. The van der Waals surface area contributed by atoms with Gasteiger partial charge in [-0.25, -0.2) is 0 Å². The van der Waals surface area contributed by atoms with E-state index in [4.69, 9.17) is 5.73 Å². The summed E-state index contributed by atoms with van der Waals surface area (Å²) < 4.78 is 0. The van der Waals surface area contributed by atoms with Gasteiger partial charge < -0.3 is 10.6 Å². The fourth-order valence-corrected chi connectivity index (χ4v) is 1.99. The number of nitrogens with zero attached hydrogens (tertiary/aromatic N) is 1. The Hall–Kier alpha value is -0.570. The maximum atomic E-state index is 11.1. The summed E-state index contributed by atoms with van der Waals surface area (Å²) in [6.07, 6.45) is 4.70. The molecule has 0 saturated carbocycles. The molecule has 0 aromatic carbocycles. The van der Waals surface area contributed by atoms with Crippen molar-refractivity contribution in [3.05, 3.63) is 0 Å². The van der Waals surface area contributed by atoms with E-state index in [1.54, 1.807) is 6.92 Å². The summed E-state index contributed by atoms with van der Waals surface area (Å²) in [5.74, 6) is 0.915. The molecular formula is C10H20N2O. The second-order valence-electron chi connectivity index (χ2n) is 3.90. The summed E-state index contributed by atoms with van der Waals surface area (Å²) in [4.78, 5) is 13.1. The smallest absolute Gasteiger partial charge is 0.219 e. The number of carbonyl (C=O) groups is 1. The molecule has 1 amide bonds. The molecule has 1 fully saturated rings. The zero-order valence-electron chi connectivity index (χ0n) is 8.46. The highest BCUT2D eigenvalue weighted by Gasteiger charge is 2.20. The Morgan fingerprint density at radius 3 is 3.00 bits per heavy atom. The predicted molar refractivity (Wildman–Crippen MR) is 53.3 cm³/mol. The number of piperidine rings is 1. The third-order valence-electron chi connectivity index (χ3n) is 2.78. The van der Waals surface area contributed by atoms with Gasteiger partial charge in [-0.3, -0.25) is 4.79 Å². The summed E-state index contributed by atoms with van der Waals surface area (Å²) in [5, 5.41) is 0. The number of rotatable bonds is 3. The van der Waals surface area contributed by atoms with Gasteiger partial charge in [0, 0.05) is 20.0 Å². The van der Waals surface area contributed by atoms with Crippen LogP contribution in [0.4, 0.5) is 0 Å². The second kappa shape index (κ2) is 5.22. The standard InChI is InChI=1S/C10H20N2O/c1-9(13)12-7-3-5-10(8-12)4-2-6-11/h10H,2-8,11H2,1H3. The quantitative estimate of drug-likeness (QED) is 0.711. The highest BCUT2D eigenvalue weighted by atomic mass is 16.2. The lowest BCUT2D eigenvalue weighted by molar-refractivity contribution is -0.130. The van der Waals surface area contributed by atoms with Gasteiger partial charge in [0.05, 0.1) is 0 Å². The lowest BCUT2D eigenvalue weighted by Gasteiger charge is -2.32. The molecule has 1 heterocycles. The average Bonchev–Trinajstić information content (AvgIpc) is 2.15.